The maximum Gasteiger partial charge on any atom is 0.306 e. The highest BCUT2D eigenvalue weighted by Gasteiger charge is 2.27. The van der Waals surface area contributed by atoms with Gasteiger partial charge in [0.15, 0.2) is 0 Å². The van der Waals surface area contributed by atoms with Gasteiger partial charge in [-0.2, -0.15) is 0 Å². The molecule has 470 valence electrons. The van der Waals surface area contributed by atoms with Crippen molar-refractivity contribution < 1.29 is 37.3 Å². The van der Waals surface area contributed by atoms with Crippen LogP contribution >= 0.6 is 7.82 Å². The average Bonchev–Trinajstić information content (AvgIpc) is 3.44. The van der Waals surface area contributed by atoms with Gasteiger partial charge in [-0.3, -0.25) is 14.2 Å². The maximum absolute atomic E-state index is 13.5. The zero-order valence-corrected chi connectivity index (χ0v) is 54.6. The largest absolute Gasteiger partial charge is 0.756 e. The van der Waals surface area contributed by atoms with Crippen molar-refractivity contribution in [2.45, 2.75) is 315 Å². The molecule has 0 aliphatic heterocycles. The molecule has 0 heterocycles. The van der Waals surface area contributed by atoms with E-state index < -0.39 is 26.6 Å². The van der Waals surface area contributed by atoms with Gasteiger partial charge in [0.25, 0.3) is 7.82 Å². The Kier molecular flexibility index (Phi) is 58.2. The number of carbonyl (C=O) groups excluding carboxylic acids is 2. The number of allylic oxidation sites excluding steroid dienone is 13. The van der Waals surface area contributed by atoms with E-state index in [4.69, 9.17) is 13.8 Å². The zero-order chi connectivity index (χ0) is 59.3. The smallest absolute Gasteiger partial charge is 0.306 e. The lowest BCUT2D eigenvalue weighted by atomic mass is 10.0. The first kappa shape index (κ1) is 78.2. The van der Waals surface area contributed by atoms with Crippen molar-refractivity contribution in [3.63, 3.8) is 0 Å². The number of nitrogens with one attached hydrogen (secondary N) is 1. The van der Waals surface area contributed by atoms with Crippen LogP contribution in [-0.4, -0.2) is 69.4 Å². The number of likely N-dealkylation sites (N-methyl/N-ethyl adjacent to an activating group) is 1. The van der Waals surface area contributed by atoms with Crippen LogP contribution in [0.3, 0.4) is 0 Å². The Balaban J connectivity index is 5.05. The first-order valence-corrected chi connectivity index (χ1v) is 35.4. The summed E-state index contributed by atoms with van der Waals surface area (Å²) < 4.78 is 30.3. The van der Waals surface area contributed by atoms with Crippen LogP contribution in [0, 0.1) is 0 Å². The third kappa shape index (κ3) is 61.6. The van der Waals surface area contributed by atoms with Gasteiger partial charge in [0.2, 0.25) is 5.91 Å². The number of unbranched alkanes of at least 4 members (excludes halogenated alkanes) is 33. The minimum Gasteiger partial charge on any atom is -0.756 e. The maximum atomic E-state index is 13.5. The van der Waals surface area contributed by atoms with Crippen molar-refractivity contribution >= 4 is 19.7 Å². The second kappa shape index (κ2) is 60.3. The molecule has 0 aromatic heterocycles. The molecule has 3 unspecified atom stereocenters. The highest BCUT2D eigenvalue weighted by atomic mass is 31.2. The van der Waals surface area contributed by atoms with Crippen LogP contribution < -0.4 is 10.2 Å². The zero-order valence-electron chi connectivity index (χ0n) is 53.7. The van der Waals surface area contributed by atoms with Gasteiger partial charge in [0.05, 0.1) is 33.8 Å². The lowest BCUT2D eigenvalue weighted by Gasteiger charge is -2.30. The fourth-order valence-corrected chi connectivity index (χ4v) is 10.3. The Hall–Kier alpha value is -2.81. The summed E-state index contributed by atoms with van der Waals surface area (Å²) in [6, 6.07) is -0.903. The highest BCUT2D eigenvalue weighted by molar-refractivity contribution is 7.45. The number of rotatable bonds is 61. The first-order chi connectivity index (χ1) is 39.4. The summed E-state index contributed by atoms with van der Waals surface area (Å²) in [5.74, 6) is -0.564. The molecule has 0 fully saturated rings. The molecule has 0 saturated heterocycles. The van der Waals surface area contributed by atoms with Crippen molar-refractivity contribution in [1.29, 1.82) is 0 Å². The molecule has 81 heavy (non-hydrogen) atoms. The first-order valence-electron chi connectivity index (χ1n) is 33.9. The molecule has 0 aliphatic carbocycles. The lowest BCUT2D eigenvalue weighted by molar-refractivity contribution is -0.870. The summed E-state index contributed by atoms with van der Waals surface area (Å²) in [7, 11) is 1.17. The van der Waals surface area contributed by atoms with Crippen molar-refractivity contribution in [1.82, 2.24) is 5.32 Å². The molecule has 0 saturated carbocycles. The summed E-state index contributed by atoms with van der Waals surface area (Å²) in [5.41, 5.74) is 0. The van der Waals surface area contributed by atoms with Crippen LogP contribution in [0.1, 0.15) is 303 Å². The molecular weight excluding hydrogens is 1020 g/mol. The Bertz CT molecular complexity index is 1660. The fraction of sp³-hybridized carbons (Fsp3) is 0.775. The van der Waals surface area contributed by atoms with Gasteiger partial charge in [-0.15, -0.1) is 0 Å². The number of ether oxygens (including phenoxy) is 1. The number of esters is 1. The second-order valence-corrected chi connectivity index (χ2v) is 25.4. The van der Waals surface area contributed by atoms with E-state index in [0.717, 1.165) is 89.9 Å². The number of hydrogen-bond acceptors (Lipinski definition) is 7. The molecule has 0 aromatic carbocycles. The summed E-state index contributed by atoms with van der Waals surface area (Å²) >= 11 is 0. The van der Waals surface area contributed by atoms with E-state index >= 15 is 0 Å². The van der Waals surface area contributed by atoms with E-state index in [2.05, 4.69) is 99.0 Å². The molecule has 1 amide bonds. The van der Waals surface area contributed by atoms with Crippen LogP contribution in [0.15, 0.2) is 85.1 Å². The SMILES string of the molecule is CCCCC/C=C\C/C=C\C/C=C\CCCCCCCCCCCCCCCCC(=O)OC(/C=C\CCCCCCCCCCC)C(COP(=O)([O-])OCC[N+](C)(C)C)NC(=O)CCCCCC/C=C\C/C=C\C/C=C\CCCCC. The minimum absolute atomic E-state index is 0.0293. The van der Waals surface area contributed by atoms with Gasteiger partial charge in [-0.25, -0.2) is 0 Å². The van der Waals surface area contributed by atoms with Crippen LogP contribution in [0.4, 0.5) is 0 Å². The summed E-state index contributed by atoms with van der Waals surface area (Å²) in [5, 5.41) is 3.02. The van der Waals surface area contributed by atoms with E-state index in [-0.39, 0.29) is 31.3 Å². The normalized spacial score (nSPS) is 14.1. The van der Waals surface area contributed by atoms with E-state index in [1.165, 1.54) is 173 Å². The summed E-state index contributed by atoms with van der Waals surface area (Å²) in [6.07, 6.45) is 79.9. The van der Waals surface area contributed by atoms with Gasteiger partial charge < -0.3 is 28.5 Å². The molecule has 0 rings (SSSR count). The molecule has 10 heteroatoms. The molecule has 0 aromatic rings. The number of amides is 1. The van der Waals surface area contributed by atoms with Crippen LogP contribution in [0.25, 0.3) is 0 Å². The number of hydrogen-bond donors (Lipinski definition) is 1. The van der Waals surface area contributed by atoms with Crippen molar-refractivity contribution in [2.75, 3.05) is 40.9 Å². The Morgan fingerprint density at radius 1 is 0.432 bits per heavy atom. The van der Waals surface area contributed by atoms with Crippen LogP contribution in [0.2, 0.25) is 0 Å². The average molecular weight is 1150 g/mol. The molecule has 0 bridgehead atoms. The van der Waals surface area contributed by atoms with Gasteiger partial charge in [0, 0.05) is 12.8 Å². The molecule has 3 atom stereocenters. The Labute approximate surface area is 501 Å². The van der Waals surface area contributed by atoms with E-state index in [9.17, 15) is 19.0 Å². The Morgan fingerprint density at radius 3 is 1.15 bits per heavy atom. The van der Waals surface area contributed by atoms with Gasteiger partial charge >= 0.3 is 5.97 Å². The van der Waals surface area contributed by atoms with Crippen LogP contribution in [-0.2, 0) is 27.9 Å². The number of phosphoric ester groups is 1. The monoisotopic (exact) mass is 1150 g/mol. The molecule has 0 spiro atoms. The number of quaternary nitrogens is 1. The van der Waals surface area contributed by atoms with Crippen molar-refractivity contribution in [3.8, 4) is 0 Å². The van der Waals surface area contributed by atoms with Gasteiger partial charge in [-0.05, 0) is 109 Å². The van der Waals surface area contributed by atoms with E-state index in [1.807, 2.05) is 33.3 Å². The summed E-state index contributed by atoms with van der Waals surface area (Å²) in [6.45, 7) is 6.78. The topological polar surface area (TPSA) is 114 Å². The molecule has 0 aliphatic rings. The molecular formula is C71H129N2O7P. The third-order valence-corrected chi connectivity index (χ3v) is 15.8. The van der Waals surface area contributed by atoms with Crippen molar-refractivity contribution in [2.24, 2.45) is 0 Å². The van der Waals surface area contributed by atoms with E-state index in [0.29, 0.717) is 17.4 Å². The quantitative estimate of drug-likeness (QED) is 0.0212. The predicted molar refractivity (Wildman–Crippen MR) is 348 cm³/mol. The molecule has 0 radical (unpaired) electrons. The molecule has 9 nitrogen and oxygen atoms in total. The number of nitrogens with zero attached hydrogens (tertiary/aromatic N) is 1. The Morgan fingerprint density at radius 2 is 0.753 bits per heavy atom. The predicted octanol–water partition coefficient (Wildman–Crippen LogP) is 20.7. The minimum atomic E-state index is -4.71. The standard InChI is InChI=1S/C71H129N2O7P/c1-7-10-13-16-19-22-25-27-29-31-32-33-34-35-36-37-38-39-40-42-44-46-49-52-55-58-61-64-71(75)80-69(62-59-56-53-50-47-24-21-18-15-12-9-3)68(67-79-81(76,77)78-66-65-73(4,5)6)72-70(74)63-60-57-54-51-48-45-43-41-30-28-26-23-20-17-14-11-8-2/h19-20,22-23,27-30,32-33,43,45,59,62,68-69H,7-18,21,24-26,31,34-42,44,46-58,60-61,63-67H2,1-6H3,(H-,72,74,76,77)/b22-19-,23-20-,29-27-,30-28-,33-32-,45-43-,62-59-. The highest BCUT2D eigenvalue weighted by Crippen LogP contribution is 2.38. The fourth-order valence-electron chi connectivity index (χ4n) is 9.54. The van der Waals surface area contributed by atoms with Gasteiger partial charge in [0.1, 0.15) is 19.3 Å². The second-order valence-electron chi connectivity index (χ2n) is 24.0. The van der Waals surface area contributed by atoms with Crippen LogP contribution in [0.5, 0.6) is 0 Å². The number of phosphoric acid groups is 1. The third-order valence-electron chi connectivity index (χ3n) is 14.8. The number of carbonyl (C=O) groups is 2. The van der Waals surface area contributed by atoms with Crippen molar-refractivity contribution in [3.05, 3.63) is 85.1 Å². The summed E-state index contributed by atoms with van der Waals surface area (Å²) in [4.78, 5) is 40.1. The van der Waals surface area contributed by atoms with E-state index in [1.54, 1.807) is 0 Å². The van der Waals surface area contributed by atoms with Gasteiger partial charge in [-0.1, -0.05) is 267 Å². The molecule has 1 N–H and O–H groups in total. The lowest BCUT2D eigenvalue weighted by Crippen LogP contribution is -2.47.